The lowest BCUT2D eigenvalue weighted by Crippen LogP contribution is -2.07. The molecule has 0 atom stereocenters. The van der Waals surface area contributed by atoms with Crippen LogP contribution in [-0.2, 0) is 11.3 Å². The summed E-state index contributed by atoms with van der Waals surface area (Å²) in [5.74, 6) is -0.571. The first-order chi connectivity index (χ1) is 9.49. The number of benzene rings is 2. The van der Waals surface area contributed by atoms with Gasteiger partial charge in [0.1, 0.15) is 6.61 Å². The molecule has 2 aromatic rings. The predicted octanol–water partition coefficient (Wildman–Crippen LogP) is 4.59. The Kier molecular flexibility index (Phi) is 4.76. The van der Waals surface area contributed by atoms with Gasteiger partial charge in [0.15, 0.2) is 0 Å². The van der Waals surface area contributed by atoms with Crippen LogP contribution in [0.4, 0.5) is 5.69 Å². The van der Waals surface area contributed by atoms with Gasteiger partial charge in [-0.25, -0.2) is 4.79 Å². The number of nitrogen functional groups attached to an aromatic ring is 1. The van der Waals surface area contributed by atoms with E-state index in [0.29, 0.717) is 21.3 Å². The zero-order valence-corrected chi connectivity index (χ0v) is 12.5. The van der Waals surface area contributed by atoms with Gasteiger partial charge in [-0.15, -0.1) is 0 Å². The molecule has 0 aliphatic heterocycles. The molecule has 0 heterocycles. The minimum Gasteiger partial charge on any atom is -0.457 e. The van der Waals surface area contributed by atoms with Crippen molar-refractivity contribution in [2.24, 2.45) is 0 Å². The Morgan fingerprint density at radius 2 is 1.85 bits per heavy atom. The molecular formula is C14H10Cl3NO2. The molecule has 2 rings (SSSR count). The zero-order chi connectivity index (χ0) is 14.7. The van der Waals surface area contributed by atoms with Gasteiger partial charge in [0.25, 0.3) is 0 Å². The highest BCUT2D eigenvalue weighted by molar-refractivity contribution is 6.42. The van der Waals surface area contributed by atoms with Crippen LogP contribution in [0, 0.1) is 0 Å². The molecule has 2 aromatic carbocycles. The third-order valence-electron chi connectivity index (χ3n) is 2.60. The van der Waals surface area contributed by atoms with E-state index >= 15 is 0 Å². The van der Waals surface area contributed by atoms with Crippen LogP contribution in [0.5, 0.6) is 0 Å². The summed E-state index contributed by atoms with van der Waals surface area (Å²) in [5.41, 5.74) is 6.87. The molecule has 0 aromatic heterocycles. The summed E-state index contributed by atoms with van der Waals surface area (Å²) in [6.07, 6.45) is 0. The summed E-state index contributed by atoms with van der Waals surface area (Å²) in [6, 6.07) is 9.72. The van der Waals surface area contributed by atoms with Crippen LogP contribution in [-0.4, -0.2) is 5.97 Å². The molecule has 0 bridgehead atoms. The SMILES string of the molecule is Nc1ccc(Cl)c(C(=O)OCc2cccc(Cl)c2Cl)c1. The summed E-state index contributed by atoms with van der Waals surface area (Å²) in [7, 11) is 0. The Bertz CT molecular complexity index is 659. The molecule has 0 fully saturated rings. The van der Waals surface area contributed by atoms with Crippen molar-refractivity contribution in [1.82, 2.24) is 0 Å². The maximum absolute atomic E-state index is 11.9. The van der Waals surface area contributed by atoms with Crippen molar-refractivity contribution in [3.8, 4) is 0 Å². The second kappa shape index (κ2) is 6.35. The van der Waals surface area contributed by atoms with Gasteiger partial charge in [-0.05, 0) is 24.3 Å². The Hall–Kier alpha value is -1.42. The normalized spacial score (nSPS) is 10.3. The van der Waals surface area contributed by atoms with Crippen molar-refractivity contribution in [2.75, 3.05) is 5.73 Å². The topological polar surface area (TPSA) is 52.3 Å². The highest BCUT2D eigenvalue weighted by Gasteiger charge is 2.13. The molecule has 20 heavy (non-hydrogen) atoms. The summed E-state index contributed by atoms with van der Waals surface area (Å²) in [5, 5.41) is 1.05. The monoisotopic (exact) mass is 329 g/mol. The van der Waals surface area contributed by atoms with Gasteiger partial charge in [-0.3, -0.25) is 0 Å². The maximum atomic E-state index is 11.9. The largest absolute Gasteiger partial charge is 0.457 e. The fourth-order valence-electron chi connectivity index (χ4n) is 1.58. The molecule has 0 radical (unpaired) electrons. The van der Waals surface area contributed by atoms with Crippen LogP contribution in [0.25, 0.3) is 0 Å². The van der Waals surface area contributed by atoms with E-state index < -0.39 is 5.97 Å². The first kappa shape index (κ1) is 15.0. The van der Waals surface area contributed by atoms with Gasteiger partial charge in [-0.2, -0.15) is 0 Å². The van der Waals surface area contributed by atoms with Gasteiger partial charge in [0.05, 0.1) is 20.6 Å². The number of ether oxygens (including phenoxy) is 1. The molecule has 0 saturated carbocycles. The third-order valence-corrected chi connectivity index (χ3v) is 3.79. The second-order valence-electron chi connectivity index (χ2n) is 4.03. The molecule has 0 saturated heterocycles. The number of hydrogen-bond donors (Lipinski definition) is 1. The molecule has 6 heteroatoms. The summed E-state index contributed by atoms with van der Waals surface area (Å²) >= 11 is 17.8. The molecule has 0 aliphatic carbocycles. The second-order valence-corrected chi connectivity index (χ2v) is 5.22. The van der Waals surface area contributed by atoms with Crippen LogP contribution >= 0.6 is 34.8 Å². The molecular weight excluding hydrogens is 321 g/mol. The van der Waals surface area contributed by atoms with E-state index in [1.165, 1.54) is 6.07 Å². The predicted molar refractivity (Wildman–Crippen MR) is 81.4 cm³/mol. The number of carbonyl (C=O) groups is 1. The molecule has 0 spiro atoms. The summed E-state index contributed by atoms with van der Waals surface area (Å²) in [6.45, 7) is 0.00333. The minimum absolute atomic E-state index is 0.00333. The Labute approximate surface area is 131 Å². The number of halogens is 3. The molecule has 2 N–H and O–H groups in total. The third kappa shape index (κ3) is 3.37. The lowest BCUT2D eigenvalue weighted by Gasteiger charge is -2.09. The van der Waals surface area contributed by atoms with Crippen molar-refractivity contribution in [2.45, 2.75) is 6.61 Å². The molecule has 3 nitrogen and oxygen atoms in total. The number of hydrogen-bond acceptors (Lipinski definition) is 3. The fraction of sp³-hybridized carbons (Fsp3) is 0.0714. The number of carbonyl (C=O) groups excluding carboxylic acids is 1. The maximum Gasteiger partial charge on any atom is 0.340 e. The quantitative estimate of drug-likeness (QED) is 0.661. The van der Waals surface area contributed by atoms with Gasteiger partial charge < -0.3 is 10.5 Å². The van der Waals surface area contributed by atoms with Gasteiger partial charge in [0.2, 0.25) is 0 Å². The zero-order valence-electron chi connectivity index (χ0n) is 10.2. The van der Waals surface area contributed by atoms with Crippen molar-refractivity contribution in [3.63, 3.8) is 0 Å². The van der Waals surface area contributed by atoms with E-state index in [9.17, 15) is 4.79 Å². The van der Waals surface area contributed by atoms with Crippen molar-refractivity contribution >= 4 is 46.5 Å². The number of rotatable bonds is 3. The average Bonchev–Trinajstić information content (AvgIpc) is 2.43. The Balaban J connectivity index is 2.13. The van der Waals surface area contributed by atoms with Gasteiger partial charge in [0, 0.05) is 11.3 Å². The number of esters is 1. The smallest absolute Gasteiger partial charge is 0.340 e. The molecule has 104 valence electrons. The Morgan fingerprint density at radius 3 is 2.60 bits per heavy atom. The average molecular weight is 331 g/mol. The number of anilines is 1. The Morgan fingerprint density at radius 1 is 1.10 bits per heavy atom. The highest BCUT2D eigenvalue weighted by atomic mass is 35.5. The van der Waals surface area contributed by atoms with Gasteiger partial charge in [-0.1, -0.05) is 46.9 Å². The van der Waals surface area contributed by atoms with Crippen LogP contribution in [0.15, 0.2) is 36.4 Å². The van der Waals surface area contributed by atoms with E-state index in [2.05, 4.69) is 0 Å². The molecule has 0 aliphatic rings. The van der Waals surface area contributed by atoms with E-state index in [0.717, 1.165) is 0 Å². The lowest BCUT2D eigenvalue weighted by atomic mass is 10.2. The van der Waals surface area contributed by atoms with Crippen LogP contribution in [0.3, 0.4) is 0 Å². The minimum atomic E-state index is -0.571. The van der Waals surface area contributed by atoms with E-state index in [1.54, 1.807) is 30.3 Å². The lowest BCUT2D eigenvalue weighted by molar-refractivity contribution is 0.0473. The van der Waals surface area contributed by atoms with Gasteiger partial charge >= 0.3 is 5.97 Å². The molecule has 0 amide bonds. The van der Waals surface area contributed by atoms with Crippen LogP contribution in [0.1, 0.15) is 15.9 Å². The van der Waals surface area contributed by atoms with Crippen LogP contribution in [0.2, 0.25) is 15.1 Å². The fourth-order valence-corrected chi connectivity index (χ4v) is 2.15. The van der Waals surface area contributed by atoms with Crippen molar-refractivity contribution < 1.29 is 9.53 Å². The van der Waals surface area contributed by atoms with Crippen LogP contribution < -0.4 is 5.73 Å². The summed E-state index contributed by atoms with van der Waals surface area (Å²) in [4.78, 5) is 11.9. The van der Waals surface area contributed by atoms with E-state index in [4.69, 9.17) is 45.3 Å². The standard InChI is InChI=1S/C14H10Cl3NO2/c15-11-5-4-9(18)6-10(11)14(19)20-7-8-2-1-3-12(16)13(8)17/h1-6H,7,18H2. The van der Waals surface area contributed by atoms with E-state index in [1.807, 2.05) is 0 Å². The first-order valence-electron chi connectivity index (χ1n) is 5.64. The van der Waals surface area contributed by atoms with Crippen molar-refractivity contribution in [1.29, 1.82) is 0 Å². The van der Waals surface area contributed by atoms with E-state index in [-0.39, 0.29) is 17.2 Å². The number of nitrogens with two attached hydrogens (primary N) is 1. The van der Waals surface area contributed by atoms with Crippen molar-refractivity contribution in [3.05, 3.63) is 62.6 Å². The highest BCUT2D eigenvalue weighted by Crippen LogP contribution is 2.26. The summed E-state index contributed by atoms with van der Waals surface area (Å²) < 4.78 is 5.16. The first-order valence-corrected chi connectivity index (χ1v) is 6.77. The molecule has 0 unspecified atom stereocenters.